The number of pyridine rings is 1. The lowest BCUT2D eigenvalue weighted by molar-refractivity contribution is 0.0882. The number of hydrogen-bond donors (Lipinski definition) is 1. The van der Waals surface area contributed by atoms with Crippen molar-refractivity contribution in [2.75, 3.05) is 6.61 Å². The van der Waals surface area contributed by atoms with E-state index in [4.69, 9.17) is 4.84 Å². The van der Waals surface area contributed by atoms with Gasteiger partial charge in [-0.1, -0.05) is 6.07 Å². The molecule has 0 bridgehead atoms. The van der Waals surface area contributed by atoms with E-state index < -0.39 is 6.43 Å². The van der Waals surface area contributed by atoms with Crippen molar-refractivity contribution in [1.82, 2.24) is 10.5 Å². The van der Waals surface area contributed by atoms with Crippen LogP contribution >= 0.6 is 0 Å². The molecule has 2 heterocycles. The Morgan fingerprint density at radius 3 is 2.86 bits per heavy atom. The highest BCUT2D eigenvalue weighted by atomic mass is 19.3. The first-order valence-corrected chi connectivity index (χ1v) is 4.38. The van der Waals surface area contributed by atoms with Gasteiger partial charge >= 0.3 is 0 Å². The first-order valence-electron chi connectivity index (χ1n) is 4.38. The molecule has 1 aromatic rings. The van der Waals surface area contributed by atoms with Gasteiger partial charge in [0.1, 0.15) is 5.69 Å². The monoisotopic (exact) mass is 200 g/mol. The number of hydroxylamine groups is 1. The van der Waals surface area contributed by atoms with Gasteiger partial charge in [0.2, 0.25) is 0 Å². The topological polar surface area (TPSA) is 34.1 Å². The van der Waals surface area contributed by atoms with Crippen LogP contribution in [0.5, 0.6) is 0 Å². The number of alkyl halides is 2. The minimum Gasteiger partial charge on any atom is -0.301 e. The molecule has 1 N–H and O–H groups in total. The van der Waals surface area contributed by atoms with Crippen LogP contribution < -0.4 is 5.48 Å². The first kappa shape index (κ1) is 9.48. The Bertz CT molecular complexity index is 296. The smallest absolute Gasteiger partial charge is 0.280 e. The maximum absolute atomic E-state index is 12.2. The Kier molecular flexibility index (Phi) is 2.69. The molecule has 0 saturated carbocycles. The highest BCUT2D eigenvalue weighted by Gasteiger charge is 2.18. The van der Waals surface area contributed by atoms with Gasteiger partial charge in [-0.25, -0.2) is 8.78 Å². The lowest BCUT2D eigenvalue weighted by Crippen LogP contribution is -2.11. The van der Waals surface area contributed by atoms with Gasteiger partial charge in [0, 0.05) is 6.20 Å². The molecule has 1 aromatic heterocycles. The van der Waals surface area contributed by atoms with E-state index in [-0.39, 0.29) is 11.7 Å². The Morgan fingerprint density at radius 1 is 1.50 bits per heavy atom. The molecule has 0 radical (unpaired) electrons. The normalized spacial score (nSPS) is 21.8. The maximum Gasteiger partial charge on any atom is 0.280 e. The molecule has 1 aliphatic heterocycles. The summed E-state index contributed by atoms with van der Waals surface area (Å²) in [5, 5.41) is 0. The fraction of sp³-hybridized carbons (Fsp3) is 0.444. The highest BCUT2D eigenvalue weighted by Crippen LogP contribution is 2.22. The van der Waals surface area contributed by atoms with Crippen LogP contribution in [0.2, 0.25) is 0 Å². The standard InChI is InChI=1S/C9H10F2N2O/c10-9(11)8-2-1-6(5-12-8)7-3-4-14-13-7/h1-2,5,7,9,13H,3-4H2/t7-/m0/s1. The Labute approximate surface area is 80.1 Å². The number of halogens is 2. The van der Waals surface area contributed by atoms with E-state index in [0.29, 0.717) is 6.61 Å². The average molecular weight is 200 g/mol. The fourth-order valence-electron chi connectivity index (χ4n) is 1.38. The molecule has 1 aliphatic rings. The molecule has 1 fully saturated rings. The van der Waals surface area contributed by atoms with Crippen molar-refractivity contribution >= 4 is 0 Å². The molecule has 3 nitrogen and oxygen atoms in total. The summed E-state index contributed by atoms with van der Waals surface area (Å²) in [7, 11) is 0. The minimum atomic E-state index is -2.50. The predicted octanol–water partition coefficient (Wildman–Crippen LogP) is 1.99. The minimum absolute atomic E-state index is 0.0780. The quantitative estimate of drug-likeness (QED) is 0.792. The van der Waals surface area contributed by atoms with Gasteiger partial charge in [0.05, 0.1) is 12.6 Å². The molecule has 76 valence electrons. The molecule has 1 saturated heterocycles. The highest BCUT2D eigenvalue weighted by molar-refractivity contribution is 5.18. The summed E-state index contributed by atoms with van der Waals surface area (Å²) in [6, 6.07) is 3.08. The molecule has 0 amide bonds. The van der Waals surface area contributed by atoms with E-state index in [1.54, 1.807) is 6.07 Å². The van der Waals surface area contributed by atoms with Gasteiger partial charge in [-0.15, -0.1) is 0 Å². The number of aromatic nitrogens is 1. The predicted molar refractivity (Wildman–Crippen MR) is 45.6 cm³/mol. The van der Waals surface area contributed by atoms with E-state index in [1.807, 2.05) is 0 Å². The fourth-order valence-corrected chi connectivity index (χ4v) is 1.38. The Hall–Kier alpha value is -1.07. The number of nitrogens with zero attached hydrogens (tertiary/aromatic N) is 1. The van der Waals surface area contributed by atoms with E-state index in [0.717, 1.165) is 12.0 Å². The maximum atomic E-state index is 12.2. The van der Waals surface area contributed by atoms with Gasteiger partial charge in [0.25, 0.3) is 6.43 Å². The molecule has 5 heteroatoms. The van der Waals surface area contributed by atoms with Crippen LogP contribution in [0.3, 0.4) is 0 Å². The third kappa shape index (κ3) is 1.88. The average Bonchev–Trinajstić information content (AvgIpc) is 2.71. The van der Waals surface area contributed by atoms with Crippen LogP contribution in [0, 0.1) is 0 Å². The summed E-state index contributed by atoms with van der Waals surface area (Å²) in [6.07, 6.45) is -0.194. The van der Waals surface area contributed by atoms with Gasteiger partial charge in [0.15, 0.2) is 0 Å². The van der Waals surface area contributed by atoms with Crippen LogP contribution in [-0.2, 0) is 4.84 Å². The molecule has 0 aliphatic carbocycles. The third-order valence-corrected chi connectivity index (χ3v) is 2.17. The van der Waals surface area contributed by atoms with Gasteiger partial charge in [-0.2, -0.15) is 5.48 Å². The van der Waals surface area contributed by atoms with E-state index >= 15 is 0 Å². The van der Waals surface area contributed by atoms with Crippen molar-refractivity contribution in [3.63, 3.8) is 0 Å². The summed E-state index contributed by atoms with van der Waals surface area (Å²) in [4.78, 5) is 8.64. The molecule has 0 spiro atoms. The molecule has 1 atom stereocenters. The zero-order valence-corrected chi connectivity index (χ0v) is 7.41. The summed E-state index contributed by atoms with van der Waals surface area (Å²) < 4.78 is 24.3. The van der Waals surface area contributed by atoms with Crippen LogP contribution in [0.4, 0.5) is 8.78 Å². The van der Waals surface area contributed by atoms with Gasteiger partial charge in [-0.3, -0.25) is 4.98 Å². The Morgan fingerprint density at radius 2 is 2.36 bits per heavy atom. The number of rotatable bonds is 2. The summed E-state index contributed by atoms with van der Waals surface area (Å²) in [6.45, 7) is 0.640. The molecule has 0 unspecified atom stereocenters. The first-order chi connectivity index (χ1) is 6.77. The second kappa shape index (κ2) is 3.98. The summed E-state index contributed by atoms with van der Waals surface area (Å²) in [5.41, 5.74) is 3.49. The SMILES string of the molecule is FC(F)c1ccc([C@@H]2CCON2)cn1. The van der Waals surface area contributed by atoms with E-state index in [1.165, 1.54) is 12.3 Å². The van der Waals surface area contributed by atoms with Crippen molar-refractivity contribution < 1.29 is 13.6 Å². The lowest BCUT2D eigenvalue weighted by atomic mass is 10.1. The van der Waals surface area contributed by atoms with Crippen LogP contribution in [-0.4, -0.2) is 11.6 Å². The summed E-state index contributed by atoms with van der Waals surface area (Å²) >= 11 is 0. The molecule has 0 aromatic carbocycles. The molecule has 14 heavy (non-hydrogen) atoms. The lowest BCUT2D eigenvalue weighted by Gasteiger charge is -2.08. The van der Waals surface area contributed by atoms with Crippen molar-refractivity contribution in [3.05, 3.63) is 29.6 Å². The van der Waals surface area contributed by atoms with Crippen LogP contribution in [0.25, 0.3) is 0 Å². The summed E-state index contributed by atoms with van der Waals surface area (Å²) in [5.74, 6) is 0. The zero-order valence-electron chi connectivity index (χ0n) is 7.41. The largest absolute Gasteiger partial charge is 0.301 e. The third-order valence-electron chi connectivity index (χ3n) is 2.17. The van der Waals surface area contributed by atoms with E-state index in [2.05, 4.69) is 10.5 Å². The second-order valence-electron chi connectivity index (χ2n) is 3.12. The van der Waals surface area contributed by atoms with Gasteiger partial charge in [-0.05, 0) is 18.1 Å². The molecule has 2 rings (SSSR count). The zero-order chi connectivity index (χ0) is 9.97. The second-order valence-corrected chi connectivity index (χ2v) is 3.12. The van der Waals surface area contributed by atoms with Crippen molar-refractivity contribution in [3.8, 4) is 0 Å². The van der Waals surface area contributed by atoms with E-state index in [9.17, 15) is 8.78 Å². The Balaban J connectivity index is 2.12. The van der Waals surface area contributed by atoms with Crippen molar-refractivity contribution in [1.29, 1.82) is 0 Å². The number of nitrogens with one attached hydrogen (secondary N) is 1. The van der Waals surface area contributed by atoms with Crippen LogP contribution in [0.1, 0.15) is 30.1 Å². The molecular formula is C9H10F2N2O. The molecular weight excluding hydrogens is 190 g/mol. The van der Waals surface area contributed by atoms with Crippen molar-refractivity contribution in [2.45, 2.75) is 18.9 Å². The van der Waals surface area contributed by atoms with Gasteiger partial charge < -0.3 is 4.84 Å². The number of hydrogen-bond acceptors (Lipinski definition) is 3. The van der Waals surface area contributed by atoms with Crippen molar-refractivity contribution in [2.24, 2.45) is 0 Å². The van der Waals surface area contributed by atoms with Crippen LogP contribution in [0.15, 0.2) is 18.3 Å².